The van der Waals surface area contributed by atoms with Gasteiger partial charge in [0.25, 0.3) is 5.56 Å². The van der Waals surface area contributed by atoms with Gasteiger partial charge >= 0.3 is 5.97 Å². The maximum absolute atomic E-state index is 13.6. The highest BCUT2D eigenvalue weighted by atomic mass is 35.5. The summed E-state index contributed by atoms with van der Waals surface area (Å²) in [6.45, 7) is 5.70. The lowest BCUT2D eigenvalue weighted by Crippen LogP contribution is -2.39. The molecule has 35 heavy (non-hydrogen) atoms. The third-order valence-electron chi connectivity index (χ3n) is 6.26. The number of allylic oxidation sites excluding steroid dienone is 1. The lowest BCUT2D eigenvalue weighted by Gasteiger charge is -2.25. The second kappa shape index (κ2) is 9.87. The maximum atomic E-state index is 13.6. The average Bonchev–Trinajstić information content (AvgIpc) is 3.44. The minimum absolute atomic E-state index is 0.227. The number of halogens is 1. The molecule has 1 saturated heterocycles. The first-order valence-electron chi connectivity index (χ1n) is 11.8. The van der Waals surface area contributed by atoms with E-state index in [4.69, 9.17) is 20.8 Å². The molecule has 5 rings (SSSR count). The SMILES string of the molecule is CCOC(=O)C1=C(C)N=c2s/c(=C\c3ccc(N4CCCCC4)o3)c(=O)n2[C@@H]1c1ccc(Cl)cc1. The molecule has 2 aliphatic rings. The monoisotopic (exact) mass is 511 g/mol. The standard InChI is InChI=1S/C26H26ClN3O4S/c1-3-33-25(32)22-16(2)28-26-30(23(22)17-7-9-18(27)10-8-17)24(31)20(35-26)15-19-11-12-21(34-19)29-13-5-4-6-14-29/h7-12,15,23H,3-6,13-14H2,1-2H3/b20-15-/t23-/m1/s1. The Labute approximate surface area is 211 Å². The van der Waals surface area contributed by atoms with Gasteiger partial charge in [0.05, 0.1) is 28.5 Å². The van der Waals surface area contributed by atoms with Gasteiger partial charge in [0.15, 0.2) is 10.7 Å². The van der Waals surface area contributed by atoms with Crippen molar-refractivity contribution in [3.8, 4) is 0 Å². The fourth-order valence-electron chi connectivity index (χ4n) is 4.59. The third-order valence-corrected chi connectivity index (χ3v) is 7.49. The van der Waals surface area contributed by atoms with Crippen LogP contribution >= 0.6 is 22.9 Å². The average molecular weight is 512 g/mol. The number of fused-ring (bicyclic) bond motifs is 1. The summed E-state index contributed by atoms with van der Waals surface area (Å²) in [4.78, 5) is 33.9. The van der Waals surface area contributed by atoms with Gasteiger partial charge in [0, 0.05) is 30.3 Å². The zero-order chi connectivity index (χ0) is 24.5. The highest BCUT2D eigenvalue weighted by Crippen LogP contribution is 2.31. The topological polar surface area (TPSA) is 77.0 Å². The van der Waals surface area contributed by atoms with Crippen LogP contribution in [0.15, 0.2) is 61.9 Å². The first-order chi connectivity index (χ1) is 17.0. The van der Waals surface area contributed by atoms with Crippen LogP contribution in [0.25, 0.3) is 6.08 Å². The number of carbonyl (C=O) groups is 1. The van der Waals surface area contributed by atoms with Gasteiger partial charge < -0.3 is 14.1 Å². The predicted octanol–water partition coefficient (Wildman–Crippen LogP) is 4.04. The van der Waals surface area contributed by atoms with Crippen LogP contribution in [0.4, 0.5) is 5.88 Å². The van der Waals surface area contributed by atoms with Gasteiger partial charge in [0.2, 0.25) is 0 Å². The summed E-state index contributed by atoms with van der Waals surface area (Å²) in [6.07, 6.45) is 5.30. The van der Waals surface area contributed by atoms with Crippen LogP contribution in [0.2, 0.25) is 5.02 Å². The number of piperidine rings is 1. The van der Waals surface area contributed by atoms with E-state index in [1.807, 2.05) is 24.3 Å². The van der Waals surface area contributed by atoms with Crippen molar-refractivity contribution in [2.24, 2.45) is 4.99 Å². The Balaban J connectivity index is 1.60. The van der Waals surface area contributed by atoms with Crippen molar-refractivity contribution < 1.29 is 13.9 Å². The molecule has 0 saturated carbocycles. The van der Waals surface area contributed by atoms with Crippen molar-refractivity contribution >= 4 is 40.9 Å². The van der Waals surface area contributed by atoms with Crippen LogP contribution in [0.1, 0.15) is 50.5 Å². The molecule has 2 aromatic heterocycles. The largest absolute Gasteiger partial charge is 0.463 e. The van der Waals surface area contributed by atoms with Crippen molar-refractivity contribution in [3.05, 3.63) is 83.7 Å². The van der Waals surface area contributed by atoms with Gasteiger partial charge in [-0.1, -0.05) is 35.1 Å². The molecule has 0 radical (unpaired) electrons. The van der Waals surface area contributed by atoms with Gasteiger partial charge in [-0.25, -0.2) is 9.79 Å². The summed E-state index contributed by atoms with van der Waals surface area (Å²) in [6, 6.07) is 10.3. The molecule has 2 aliphatic heterocycles. The Kier molecular flexibility index (Phi) is 6.67. The summed E-state index contributed by atoms with van der Waals surface area (Å²) in [5, 5.41) is 0.571. The van der Waals surface area contributed by atoms with Crippen molar-refractivity contribution in [2.75, 3.05) is 24.6 Å². The number of aromatic nitrogens is 1. The Morgan fingerprint density at radius 2 is 1.94 bits per heavy atom. The van der Waals surface area contributed by atoms with Crippen LogP contribution in [0.5, 0.6) is 0 Å². The van der Waals surface area contributed by atoms with E-state index >= 15 is 0 Å². The number of nitrogens with zero attached hydrogens (tertiary/aromatic N) is 3. The summed E-state index contributed by atoms with van der Waals surface area (Å²) in [7, 11) is 0. The summed E-state index contributed by atoms with van der Waals surface area (Å²) >= 11 is 7.38. The molecule has 0 bridgehead atoms. The number of carbonyl (C=O) groups excluding carboxylic acids is 1. The molecule has 1 atom stereocenters. The van der Waals surface area contributed by atoms with Gasteiger partial charge in [-0.3, -0.25) is 9.36 Å². The molecule has 3 aromatic rings. The quantitative estimate of drug-likeness (QED) is 0.483. The van der Waals surface area contributed by atoms with Gasteiger partial charge in [-0.2, -0.15) is 0 Å². The highest BCUT2D eigenvalue weighted by Gasteiger charge is 2.33. The van der Waals surface area contributed by atoms with Gasteiger partial charge in [-0.15, -0.1) is 0 Å². The molecular formula is C26H26ClN3O4S. The maximum Gasteiger partial charge on any atom is 0.338 e. The summed E-state index contributed by atoms with van der Waals surface area (Å²) in [5.41, 5.74) is 1.39. The summed E-state index contributed by atoms with van der Waals surface area (Å²) in [5.74, 6) is 0.948. The second-order valence-electron chi connectivity index (χ2n) is 8.58. The van der Waals surface area contributed by atoms with Crippen LogP contribution < -0.4 is 19.8 Å². The Morgan fingerprint density at radius 3 is 2.66 bits per heavy atom. The molecule has 7 nitrogen and oxygen atoms in total. The lowest BCUT2D eigenvalue weighted by atomic mass is 9.96. The normalized spacial score (nSPS) is 18.4. The van der Waals surface area contributed by atoms with Crippen LogP contribution in [-0.4, -0.2) is 30.2 Å². The highest BCUT2D eigenvalue weighted by molar-refractivity contribution is 7.07. The molecule has 4 heterocycles. The smallest absolute Gasteiger partial charge is 0.338 e. The molecular weight excluding hydrogens is 486 g/mol. The number of anilines is 1. The van der Waals surface area contributed by atoms with Crippen LogP contribution in [0, 0.1) is 0 Å². The number of thiazole rings is 1. The number of rotatable bonds is 5. The number of ether oxygens (including phenoxy) is 1. The second-order valence-corrected chi connectivity index (χ2v) is 10.0. The fraction of sp³-hybridized carbons (Fsp3) is 0.346. The zero-order valence-electron chi connectivity index (χ0n) is 19.6. The Bertz CT molecular complexity index is 1460. The minimum atomic E-state index is -0.662. The van der Waals surface area contributed by atoms with Gasteiger partial charge in [0.1, 0.15) is 5.76 Å². The molecule has 182 valence electrons. The predicted molar refractivity (Wildman–Crippen MR) is 137 cm³/mol. The molecule has 0 N–H and O–H groups in total. The lowest BCUT2D eigenvalue weighted by molar-refractivity contribution is -0.139. The number of hydrogen-bond donors (Lipinski definition) is 0. The van der Waals surface area contributed by atoms with Crippen molar-refractivity contribution in [1.82, 2.24) is 4.57 Å². The van der Waals surface area contributed by atoms with E-state index in [1.54, 1.807) is 36.6 Å². The zero-order valence-corrected chi connectivity index (χ0v) is 21.2. The van der Waals surface area contributed by atoms with Gasteiger partial charge in [-0.05, 0) is 56.9 Å². The molecule has 0 spiro atoms. The van der Waals surface area contributed by atoms with E-state index in [0.29, 0.717) is 31.4 Å². The molecule has 9 heteroatoms. The molecule has 0 unspecified atom stereocenters. The van der Waals surface area contributed by atoms with Crippen LogP contribution in [-0.2, 0) is 9.53 Å². The fourth-order valence-corrected chi connectivity index (χ4v) is 5.74. The summed E-state index contributed by atoms with van der Waals surface area (Å²) < 4.78 is 13.4. The number of furan rings is 1. The first kappa shape index (κ1) is 23.6. The van der Waals surface area contributed by atoms with E-state index in [-0.39, 0.29) is 12.2 Å². The van der Waals surface area contributed by atoms with E-state index in [2.05, 4.69) is 9.89 Å². The molecule has 0 aliphatic carbocycles. The van der Waals surface area contributed by atoms with E-state index in [1.165, 1.54) is 17.8 Å². The molecule has 0 amide bonds. The first-order valence-corrected chi connectivity index (χ1v) is 13.0. The van der Waals surface area contributed by atoms with Crippen molar-refractivity contribution in [3.63, 3.8) is 0 Å². The van der Waals surface area contributed by atoms with E-state index in [9.17, 15) is 9.59 Å². The van der Waals surface area contributed by atoms with Crippen molar-refractivity contribution in [1.29, 1.82) is 0 Å². The third kappa shape index (κ3) is 4.60. The Morgan fingerprint density at radius 1 is 1.20 bits per heavy atom. The van der Waals surface area contributed by atoms with E-state index < -0.39 is 12.0 Å². The minimum Gasteiger partial charge on any atom is -0.463 e. The number of benzene rings is 1. The number of esters is 1. The van der Waals surface area contributed by atoms with E-state index in [0.717, 1.165) is 37.4 Å². The van der Waals surface area contributed by atoms with Crippen molar-refractivity contribution in [2.45, 2.75) is 39.2 Å². The van der Waals surface area contributed by atoms with Crippen LogP contribution in [0.3, 0.4) is 0 Å². The molecule has 1 fully saturated rings. The number of hydrogen-bond acceptors (Lipinski definition) is 7. The molecule has 1 aromatic carbocycles. The Hall–Kier alpha value is -3.10.